The smallest absolute Gasteiger partial charge is 0.414 e. The number of amides is 4. The lowest BCUT2D eigenvalue weighted by molar-refractivity contribution is -0.119. The van der Waals surface area contributed by atoms with Crippen LogP contribution in [0.15, 0.2) is 30.3 Å². The van der Waals surface area contributed by atoms with Crippen molar-refractivity contribution in [3.05, 3.63) is 41.0 Å². The molecule has 0 saturated carbocycles. The Bertz CT molecular complexity index is 1150. The topological polar surface area (TPSA) is 111 Å². The number of nitrogens with one attached hydrogen (secondary N) is 2. The number of benzene rings is 1. The van der Waals surface area contributed by atoms with E-state index >= 15 is 4.39 Å². The van der Waals surface area contributed by atoms with E-state index in [9.17, 15) is 19.2 Å². The van der Waals surface area contributed by atoms with Crippen molar-refractivity contribution in [1.29, 1.82) is 0 Å². The van der Waals surface area contributed by atoms with Gasteiger partial charge in [-0.15, -0.1) is 11.3 Å². The van der Waals surface area contributed by atoms with Crippen molar-refractivity contribution in [2.45, 2.75) is 20.0 Å². The lowest BCUT2D eigenvalue weighted by Gasteiger charge is -2.36. The number of nitrogens with zero attached hydrogens (tertiary/aromatic N) is 3. The molecule has 2 N–H and O–H groups in total. The number of piperazine rings is 1. The van der Waals surface area contributed by atoms with E-state index in [0.717, 1.165) is 0 Å². The molecule has 2 aliphatic heterocycles. The van der Waals surface area contributed by atoms with E-state index in [1.165, 1.54) is 36.2 Å². The van der Waals surface area contributed by atoms with Crippen molar-refractivity contribution in [1.82, 2.24) is 10.2 Å². The number of carbonyl (C=O) groups is 4. The minimum absolute atomic E-state index is 0.122. The zero-order valence-electron chi connectivity index (χ0n) is 19.4. The summed E-state index contributed by atoms with van der Waals surface area (Å²) < 4.78 is 20.2. The Morgan fingerprint density at radius 2 is 1.83 bits per heavy atom. The normalized spacial score (nSPS) is 17.9. The van der Waals surface area contributed by atoms with Crippen molar-refractivity contribution in [2.75, 3.05) is 54.4 Å². The Morgan fingerprint density at radius 3 is 2.49 bits per heavy atom. The van der Waals surface area contributed by atoms with Gasteiger partial charge < -0.3 is 25.2 Å². The van der Waals surface area contributed by atoms with Gasteiger partial charge in [-0.2, -0.15) is 0 Å². The maximum absolute atomic E-state index is 15.0. The van der Waals surface area contributed by atoms with Gasteiger partial charge in [-0.1, -0.05) is 0 Å². The Balaban J connectivity index is 1.35. The van der Waals surface area contributed by atoms with Crippen LogP contribution in [0.4, 0.5) is 25.6 Å². The Kier molecular flexibility index (Phi) is 7.20. The third kappa shape index (κ3) is 5.70. The first-order valence-electron chi connectivity index (χ1n) is 11.1. The van der Waals surface area contributed by atoms with Crippen molar-refractivity contribution >= 4 is 51.5 Å². The number of hydrogen-bond donors (Lipinski definition) is 2. The molecular formula is C23H26FN5O5S. The molecule has 186 valence electrons. The van der Waals surface area contributed by atoms with E-state index in [0.29, 0.717) is 47.4 Å². The molecule has 0 unspecified atom stereocenters. The first-order valence-corrected chi connectivity index (χ1v) is 12.0. The van der Waals surface area contributed by atoms with Crippen LogP contribution in [0.25, 0.3) is 0 Å². The Morgan fingerprint density at radius 1 is 1.09 bits per heavy atom. The maximum Gasteiger partial charge on any atom is 0.414 e. The molecule has 35 heavy (non-hydrogen) atoms. The molecule has 2 fully saturated rings. The van der Waals surface area contributed by atoms with Crippen LogP contribution in [0.3, 0.4) is 0 Å². The van der Waals surface area contributed by atoms with Crippen LogP contribution < -0.4 is 20.4 Å². The second-order valence-electron chi connectivity index (χ2n) is 8.31. The minimum atomic E-state index is -0.588. The van der Waals surface area contributed by atoms with Gasteiger partial charge in [0.15, 0.2) is 0 Å². The molecule has 2 saturated heterocycles. The highest BCUT2D eigenvalue weighted by atomic mass is 32.1. The van der Waals surface area contributed by atoms with Gasteiger partial charge in [-0.3, -0.25) is 19.3 Å². The summed E-state index contributed by atoms with van der Waals surface area (Å²) in [5.74, 6) is -1.01. The van der Waals surface area contributed by atoms with Crippen LogP contribution in [0.2, 0.25) is 0 Å². The van der Waals surface area contributed by atoms with Gasteiger partial charge in [-0.25, -0.2) is 9.18 Å². The van der Waals surface area contributed by atoms with Gasteiger partial charge >= 0.3 is 6.09 Å². The molecule has 1 aromatic carbocycles. The van der Waals surface area contributed by atoms with Crippen molar-refractivity contribution < 1.29 is 28.3 Å². The van der Waals surface area contributed by atoms with Gasteiger partial charge in [0.1, 0.15) is 11.9 Å². The van der Waals surface area contributed by atoms with Crippen LogP contribution >= 0.6 is 11.3 Å². The fraction of sp³-hybridized carbons (Fsp3) is 0.391. The zero-order chi connectivity index (χ0) is 25.1. The fourth-order valence-electron chi connectivity index (χ4n) is 4.02. The molecule has 1 aromatic heterocycles. The molecule has 0 radical (unpaired) electrons. The second kappa shape index (κ2) is 10.3. The highest BCUT2D eigenvalue weighted by molar-refractivity contribution is 7.18. The SMILES string of the molecule is CC(=O)NC[C@H]1CN(c2ccc(N3CCN(C(=O)c4ccc(NC(C)=O)s4)CC3)c(F)c2)C(=O)O1. The lowest BCUT2D eigenvalue weighted by atomic mass is 10.2. The minimum Gasteiger partial charge on any atom is -0.442 e. The van der Waals surface area contributed by atoms with Crippen molar-refractivity contribution in [3.8, 4) is 0 Å². The van der Waals surface area contributed by atoms with Gasteiger partial charge in [0, 0.05) is 40.0 Å². The van der Waals surface area contributed by atoms with E-state index in [1.807, 2.05) is 4.90 Å². The molecule has 0 bridgehead atoms. The standard InChI is InChI=1S/C23H26FN5O5S/c1-14(30)25-12-17-13-29(23(33)34-17)16-3-4-19(18(24)11-16)27-7-9-28(10-8-27)22(32)20-5-6-21(35-20)26-15(2)31/h3-6,11,17H,7-10,12-13H2,1-2H3,(H,25,30)(H,26,31)/t17-/m0/s1. The molecule has 2 aromatic rings. The number of carbonyl (C=O) groups excluding carboxylic acids is 4. The highest BCUT2D eigenvalue weighted by Crippen LogP contribution is 2.29. The number of hydrogen-bond acceptors (Lipinski definition) is 7. The quantitative estimate of drug-likeness (QED) is 0.626. The molecule has 10 nitrogen and oxygen atoms in total. The van der Waals surface area contributed by atoms with Crippen molar-refractivity contribution in [2.24, 2.45) is 0 Å². The predicted octanol–water partition coefficient (Wildman–Crippen LogP) is 2.27. The summed E-state index contributed by atoms with van der Waals surface area (Å²) in [7, 11) is 0. The average Bonchev–Trinajstić information content (AvgIpc) is 3.43. The van der Waals surface area contributed by atoms with Crippen LogP contribution in [0, 0.1) is 5.82 Å². The summed E-state index contributed by atoms with van der Waals surface area (Å²) in [4.78, 5) is 52.7. The monoisotopic (exact) mass is 503 g/mol. The number of halogens is 1. The van der Waals surface area contributed by atoms with Gasteiger partial charge in [-0.05, 0) is 30.3 Å². The zero-order valence-corrected chi connectivity index (χ0v) is 20.2. The summed E-state index contributed by atoms with van der Waals surface area (Å²) in [5, 5.41) is 5.89. The number of cyclic esters (lactones) is 1. The first kappa shape index (κ1) is 24.5. The number of anilines is 3. The summed E-state index contributed by atoms with van der Waals surface area (Å²) >= 11 is 1.22. The molecule has 0 spiro atoms. The molecule has 4 amide bonds. The third-order valence-electron chi connectivity index (χ3n) is 5.72. The number of rotatable bonds is 6. The third-order valence-corrected chi connectivity index (χ3v) is 6.71. The molecule has 0 aliphatic carbocycles. The number of thiophene rings is 1. The average molecular weight is 504 g/mol. The van der Waals surface area contributed by atoms with E-state index in [4.69, 9.17) is 4.74 Å². The Hall–Kier alpha value is -3.67. The highest BCUT2D eigenvalue weighted by Gasteiger charge is 2.33. The van der Waals surface area contributed by atoms with Crippen LogP contribution in [0.1, 0.15) is 23.5 Å². The van der Waals surface area contributed by atoms with Crippen LogP contribution in [-0.4, -0.2) is 74.1 Å². The summed E-state index contributed by atoms with van der Waals surface area (Å²) in [6, 6.07) is 7.96. The van der Waals surface area contributed by atoms with E-state index in [-0.39, 0.29) is 30.8 Å². The van der Waals surface area contributed by atoms with Gasteiger partial charge in [0.25, 0.3) is 5.91 Å². The predicted molar refractivity (Wildman–Crippen MR) is 129 cm³/mol. The molecule has 4 rings (SSSR count). The summed E-state index contributed by atoms with van der Waals surface area (Å²) in [6.45, 7) is 4.96. The molecule has 1 atom stereocenters. The van der Waals surface area contributed by atoms with E-state index in [1.54, 1.807) is 29.2 Å². The second-order valence-corrected chi connectivity index (χ2v) is 9.40. The largest absolute Gasteiger partial charge is 0.442 e. The first-order chi connectivity index (χ1) is 16.7. The molecule has 3 heterocycles. The molecular weight excluding hydrogens is 477 g/mol. The lowest BCUT2D eigenvalue weighted by Crippen LogP contribution is -2.48. The van der Waals surface area contributed by atoms with Crippen LogP contribution in [-0.2, 0) is 14.3 Å². The number of ether oxygens (including phenoxy) is 1. The van der Waals surface area contributed by atoms with E-state index < -0.39 is 18.0 Å². The molecule has 2 aliphatic rings. The van der Waals surface area contributed by atoms with E-state index in [2.05, 4.69) is 10.6 Å². The Labute approximate surface area is 205 Å². The summed E-state index contributed by atoms with van der Waals surface area (Å²) in [5.41, 5.74) is 0.773. The maximum atomic E-state index is 15.0. The van der Waals surface area contributed by atoms with Crippen molar-refractivity contribution in [3.63, 3.8) is 0 Å². The van der Waals surface area contributed by atoms with Gasteiger partial charge in [0.2, 0.25) is 11.8 Å². The molecule has 12 heteroatoms. The summed E-state index contributed by atoms with van der Waals surface area (Å²) in [6.07, 6.45) is -1.09. The fourth-order valence-corrected chi connectivity index (χ4v) is 4.94. The van der Waals surface area contributed by atoms with Crippen LogP contribution in [0.5, 0.6) is 0 Å². The van der Waals surface area contributed by atoms with Gasteiger partial charge in [0.05, 0.1) is 34.3 Å².